The monoisotopic (exact) mass is 301 g/mol. The van der Waals surface area contributed by atoms with Gasteiger partial charge in [-0.3, -0.25) is 4.79 Å². The van der Waals surface area contributed by atoms with Gasteiger partial charge in [0.25, 0.3) is 0 Å². The maximum absolute atomic E-state index is 12.0. The fourth-order valence-electron chi connectivity index (χ4n) is 1.55. The topological polar surface area (TPSA) is 111 Å². The molecule has 0 heterocycles. The molecule has 0 radical (unpaired) electrons. The summed E-state index contributed by atoms with van der Waals surface area (Å²) in [7, 11) is -2.23. The van der Waals surface area contributed by atoms with Crippen LogP contribution in [0.1, 0.15) is 6.92 Å². The number of hydrogen-bond donors (Lipinski definition) is 3. The number of carbonyl (C=O) groups is 1. The van der Waals surface area contributed by atoms with E-state index in [2.05, 4.69) is 10.0 Å². The van der Waals surface area contributed by atoms with Crippen molar-refractivity contribution in [1.29, 1.82) is 0 Å². The highest BCUT2D eigenvalue weighted by Crippen LogP contribution is 2.20. The Balaban J connectivity index is 3.00. The Morgan fingerprint density at radius 1 is 1.40 bits per heavy atom. The van der Waals surface area contributed by atoms with E-state index in [1.165, 1.54) is 19.2 Å². The van der Waals surface area contributed by atoms with Crippen molar-refractivity contribution in [3.05, 3.63) is 24.3 Å². The number of anilines is 1. The smallest absolute Gasteiger partial charge is 0.243 e. The molecule has 0 fully saturated rings. The Bertz CT molecular complexity index is 560. The number of methoxy groups -OCH3 is 1. The van der Waals surface area contributed by atoms with Crippen molar-refractivity contribution in [2.75, 3.05) is 25.6 Å². The number of nitrogens with two attached hydrogens (primary N) is 1. The van der Waals surface area contributed by atoms with Crippen LogP contribution in [0, 0.1) is 0 Å². The van der Waals surface area contributed by atoms with Gasteiger partial charge in [0.2, 0.25) is 15.9 Å². The van der Waals surface area contributed by atoms with Crippen LogP contribution in [-0.2, 0) is 19.6 Å². The van der Waals surface area contributed by atoms with Crippen LogP contribution < -0.4 is 15.8 Å². The van der Waals surface area contributed by atoms with E-state index in [1.807, 2.05) is 0 Å². The highest BCUT2D eigenvalue weighted by molar-refractivity contribution is 7.89. The molecule has 8 heteroatoms. The Morgan fingerprint density at radius 3 is 2.65 bits per heavy atom. The molecule has 0 saturated heterocycles. The summed E-state index contributed by atoms with van der Waals surface area (Å²) in [6.07, 6.45) is 0. The van der Waals surface area contributed by atoms with Crippen molar-refractivity contribution in [2.45, 2.75) is 17.9 Å². The van der Waals surface area contributed by atoms with E-state index < -0.39 is 22.0 Å². The molecule has 4 N–H and O–H groups in total. The SMILES string of the molecule is CCNS(=O)(=O)c1ccccc1NC(=O)C(N)COC. The first-order valence-electron chi connectivity index (χ1n) is 6.06. The van der Waals surface area contributed by atoms with Crippen molar-refractivity contribution in [3.8, 4) is 0 Å². The molecule has 0 bridgehead atoms. The summed E-state index contributed by atoms with van der Waals surface area (Å²) in [5, 5.41) is 2.50. The van der Waals surface area contributed by atoms with Gasteiger partial charge in [0.15, 0.2) is 0 Å². The van der Waals surface area contributed by atoms with Gasteiger partial charge in [0, 0.05) is 13.7 Å². The Hall–Kier alpha value is -1.48. The average Bonchev–Trinajstić information content (AvgIpc) is 2.39. The van der Waals surface area contributed by atoms with Gasteiger partial charge in [-0.2, -0.15) is 0 Å². The maximum Gasteiger partial charge on any atom is 0.243 e. The van der Waals surface area contributed by atoms with Gasteiger partial charge in [0.1, 0.15) is 10.9 Å². The summed E-state index contributed by atoms with van der Waals surface area (Å²) in [6, 6.07) is 5.25. The number of para-hydroxylation sites is 1. The lowest BCUT2D eigenvalue weighted by Gasteiger charge is -2.14. The van der Waals surface area contributed by atoms with Crippen molar-refractivity contribution in [1.82, 2.24) is 4.72 Å². The highest BCUT2D eigenvalue weighted by Gasteiger charge is 2.20. The van der Waals surface area contributed by atoms with Crippen LogP contribution >= 0.6 is 0 Å². The molecule has 1 amide bonds. The molecule has 20 heavy (non-hydrogen) atoms. The van der Waals surface area contributed by atoms with Gasteiger partial charge in [-0.1, -0.05) is 19.1 Å². The zero-order valence-electron chi connectivity index (χ0n) is 11.4. The van der Waals surface area contributed by atoms with E-state index in [9.17, 15) is 13.2 Å². The largest absolute Gasteiger partial charge is 0.383 e. The van der Waals surface area contributed by atoms with Gasteiger partial charge >= 0.3 is 0 Å². The minimum Gasteiger partial charge on any atom is -0.383 e. The number of rotatable bonds is 7. The molecule has 0 saturated carbocycles. The molecule has 1 unspecified atom stereocenters. The number of sulfonamides is 1. The number of ether oxygens (including phenoxy) is 1. The van der Waals surface area contributed by atoms with Crippen LogP contribution in [0.15, 0.2) is 29.2 Å². The summed E-state index contributed by atoms with van der Waals surface area (Å²) in [5.41, 5.74) is 5.78. The molecule has 0 aliphatic carbocycles. The van der Waals surface area contributed by atoms with Crippen LogP contribution in [0.4, 0.5) is 5.69 Å². The van der Waals surface area contributed by atoms with Crippen LogP contribution in [0.2, 0.25) is 0 Å². The van der Waals surface area contributed by atoms with E-state index in [0.29, 0.717) is 0 Å². The molecule has 0 aromatic heterocycles. The lowest BCUT2D eigenvalue weighted by atomic mass is 10.2. The third-order valence-electron chi connectivity index (χ3n) is 2.45. The second kappa shape index (κ2) is 7.34. The lowest BCUT2D eigenvalue weighted by Crippen LogP contribution is -2.39. The zero-order valence-corrected chi connectivity index (χ0v) is 12.2. The minimum absolute atomic E-state index is 0.000170. The van der Waals surface area contributed by atoms with Gasteiger partial charge in [0.05, 0.1) is 12.3 Å². The lowest BCUT2D eigenvalue weighted by molar-refractivity contribution is -0.118. The molecular formula is C12H19N3O4S. The molecule has 1 aromatic carbocycles. The number of benzene rings is 1. The number of carbonyl (C=O) groups excluding carboxylic acids is 1. The zero-order chi connectivity index (χ0) is 15.2. The second-order valence-corrected chi connectivity index (χ2v) is 5.78. The fourth-order valence-corrected chi connectivity index (χ4v) is 2.75. The quantitative estimate of drug-likeness (QED) is 0.651. The van der Waals surface area contributed by atoms with E-state index in [0.717, 1.165) is 0 Å². The van der Waals surface area contributed by atoms with Crippen LogP contribution in [0.3, 0.4) is 0 Å². The molecule has 1 aromatic rings. The maximum atomic E-state index is 12.0. The first kappa shape index (κ1) is 16.6. The Labute approximate surface area is 118 Å². The normalized spacial score (nSPS) is 12.9. The highest BCUT2D eigenvalue weighted by atomic mass is 32.2. The van der Waals surface area contributed by atoms with Crippen molar-refractivity contribution < 1.29 is 17.9 Å². The third kappa shape index (κ3) is 4.27. The molecule has 7 nitrogen and oxygen atoms in total. The third-order valence-corrected chi connectivity index (χ3v) is 4.06. The second-order valence-electron chi connectivity index (χ2n) is 4.05. The number of nitrogens with one attached hydrogen (secondary N) is 2. The van der Waals surface area contributed by atoms with Crippen molar-refractivity contribution in [3.63, 3.8) is 0 Å². The summed E-state index contributed by atoms with van der Waals surface area (Å²) >= 11 is 0. The molecule has 1 rings (SSSR count). The van der Waals surface area contributed by atoms with Crippen LogP contribution in [0.5, 0.6) is 0 Å². The predicted molar refractivity (Wildman–Crippen MR) is 75.8 cm³/mol. The molecule has 0 aliphatic heterocycles. The van der Waals surface area contributed by atoms with E-state index in [4.69, 9.17) is 10.5 Å². The fraction of sp³-hybridized carbons (Fsp3) is 0.417. The molecule has 1 atom stereocenters. The van der Waals surface area contributed by atoms with E-state index in [1.54, 1.807) is 19.1 Å². The summed E-state index contributed by atoms with van der Waals surface area (Å²) in [6.45, 7) is 1.98. The average molecular weight is 301 g/mol. The van der Waals surface area contributed by atoms with Gasteiger partial charge in [-0.25, -0.2) is 13.1 Å². The van der Waals surface area contributed by atoms with Crippen LogP contribution in [0.25, 0.3) is 0 Å². The molecule has 0 spiro atoms. The summed E-state index contributed by atoms with van der Waals surface area (Å²) < 4.78 is 31.2. The predicted octanol–water partition coefficient (Wildman–Crippen LogP) is -0.103. The minimum atomic E-state index is -3.66. The van der Waals surface area contributed by atoms with Gasteiger partial charge in [-0.05, 0) is 12.1 Å². The molecule has 112 valence electrons. The summed E-state index contributed by atoms with van der Waals surface area (Å²) in [5.74, 6) is -0.508. The van der Waals surface area contributed by atoms with Gasteiger partial charge < -0.3 is 15.8 Å². The number of hydrogen-bond acceptors (Lipinski definition) is 5. The van der Waals surface area contributed by atoms with Crippen LogP contribution in [-0.4, -0.2) is 40.6 Å². The Kier molecular flexibility index (Phi) is 6.08. The first-order chi connectivity index (χ1) is 9.42. The van der Waals surface area contributed by atoms with Crippen molar-refractivity contribution >= 4 is 21.6 Å². The molecule has 0 aliphatic rings. The molecular weight excluding hydrogens is 282 g/mol. The number of amides is 1. The standard InChI is InChI=1S/C12H19N3O4S/c1-3-14-20(17,18)11-7-5-4-6-10(11)15-12(16)9(13)8-19-2/h4-7,9,14H,3,8,13H2,1-2H3,(H,15,16). The van der Waals surface area contributed by atoms with E-state index >= 15 is 0 Å². The first-order valence-corrected chi connectivity index (χ1v) is 7.54. The Morgan fingerprint density at radius 2 is 2.05 bits per heavy atom. The van der Waals surface area contributed by atoms with Gasteiger partial charge in [-0.15, -0.1) is 0 Å². The van der Waals surface area contributed by atoms with Crippen molar-refractivity contribution in [2.24, 2.45) is 5.73 Å². The summed E-state index contributed by atoms with van der Waals surface area (Å²) in [4.78, 5) is 11.8. The van der Waals surface area contributed by atoms with E-state index in [-0.39, 0.29) is 23.7 Å².